The smallest absolute Gasteiger partial charge is 0.340 e. The maximum absolute atomic E-state index is 14.9. The number of esters is 2. The van der Waals surface area contributed by atoms with Gasteiger partial charge in [-0.05, 0) is 177 Å². The fourth-order valence-electron chi connectivity index (χ4n) is 12.9. The first kappa shape index (κ1) is 41.3. The number of aromatic hydroxyl groups is 1. The zero-order chi connectivity index (χ0) is 42.4. The Labute approximate surface area is 366 Å². The van der Waals surface area contributed by atoms with E-state index in [9.17, 15) is 19.8 Å². The Morgan fingerprint density at radius 3 is 2.47 bits per heavy atom. The molecule has 6 atom stereocenters. The number of carbonyl (C=O) groups excluding carboxylic acids is 2. The molecule has 0 amide bonds. The van der Waals surface area contributed by atoms with E-state index in [1.807, 2.05) is 18.2 Å². The minimum atomic E-state index is -0.857. The molecule has 8 heteroatoms. The number of rotatable bonds is 13. The number of ether oxygens (including phenoxy) is 2. The van der Waals surface area contributed by atoms with E-state index < -0.39 is 5.41 Å². The van der Waals surface area contributed by atoms with Gasteiger partial charge in [-0.3, -0.25) is 0 Å². The van der Waals surface area contributed by atoms with E-state index in [4.69, 9.17) is 9.47 Å². The molecule has 0 radical (unpaired) electrons. The fourth-order valence-corrected chi connectivity index (χ4v) is 12.9. The number of carbonyl (C=O) groups is 2. The Hall–Kier alpha value is -4.76. The summed E-state index contributed by atoms with van der Waals surface area (Å²) in [6.45, 7) is 5.01. The summed E-state index contributed by atoms with van der Waals surface area (Å²) >= 11 is 0. The van der Waals surface area contributed by atoms with Gasteiger partial charge in [0.05, 0.1) is 11.0 Å². The van der Waals surface area contributed by atoms with Crippen molar-refractivity contribution in [1.29, 1.82) is 0 Å². The molecule has 3 aromatic rings. The number of cyclic esters (lactones) is 2. The van der Waals surface area contributed by atoms with E-state index in [2.05, 4.69) is 78.2 Å². The second-order valence-electron chi connectivity index (χ2n) is 19.3. The third-order valence-electron chi connectivity index (χ3n) is 16.0. The summed E-state index contributed by atoms with van der Waals surface area (Å²) in [6, 6.07) is 25.3. The van der Waals surface area contributed by atoms with E-state index in [-0.39, 0.29) is 53.9 Å². The van der Waals surface area contributed by atoms with Crippen LogP contribution < -0.4 is 10.6 Å². The first-order valence-corrected chi connectivity index (χ1v) is 23.7. The number of hydrogen-bond donors (Lipinski definition) is 4. The molecule has 0 aromatic heterocycles. The second kappa shape index (κ2) is 17.4. The van der Waals surface area contributed by atoms with E-state index in [0.717, 1.165) is 91.6 Å². The highest BCUT2D eigenvalue weighted by atomic mass is 16.5. The zero-order valence-corrected chi connectivity index (χ0v) is 36.2. The first-order valence-electron chi connectivity index (χ1n) is 23.7. The van der Waals surface area contributed by atoms with Crippen molar-refractivity contribution >= 4 is 17.5 Å². The lowest BCUT2D eigenvalue weighted by atomic mass is 9.44. The van der Waals surface area contributed by atoms with Crippen molar-refractivity contribution in [2.24, 2.45) is 40.9 Å². The van der Waals surface area contributed by atoms with Gasteiger partial charge in [0.1, 0.15) is 17.3 Å². The number of benzene rings is 3. The van der Waals surface area contributed by atoms with E-state index in [0.29, 0.717) is 48.3 Å². The van der Waals surface area contributed by atoms with Crippen LogP contribution in [-0.4, -0.2) is 47.9 Å². The third-order valence-corrected chi connectivity index (χ3v) is 16.0. The van der Waals surface area contributed by atoms with Crippen LogP contribution in [0.15, 0.2) is 113 Å². The topological polar surface area (TPSA) is 117 Å². The lowest BCUT2D eigenvalue weighted by Crippen LogP contribution is -2.52. The molecular formula is C54H62N2O6. The van der Waals surface area contributed by atoms with Crippen LogP contribution in [0, 0.1) is 40.9 Å². The highest BCUT2D eigenvalue weighted by molar-refractivity contribution is 6.07. The standard InChI is InChI=1S/C54H62N2O6/c1-2-33(27-34-9-4-3-5-10-34)29-47-54-24-21-42(43-18-19-44-46(61-52(59)49(44)50(43)54)20-15-38(32-57)36-22-25-55-26-23-36)48(51(54)53(60)62-47)45-30-40(58)16-17-41(45)37-12-8-11-35(28-37)31-56-39-13-6-7-14-39/h3-5,8-12,16-17,20,28-30,33,36,38-39,42-43,50,55-58H,2,6-7,13-15,18-19,21-27,31-32H2,1H3/b46-20?,47-29-/t33-,38+,42+,43-,50+,54+/m0/s1. The van der Waals surface area contributed by atoms with Crippen molar-refractivity contribution in [2.75, 3.05) is 19.7 Å². The monoisotopic (exact) mass is 834 g/mol. The van der Waals surface area contributed by atoms with Crippen molar-refractivity contribution in [2.45, 2.75) is 103 Å². The van der Waals surface area contributed by atoms with Crippen molar-refractivity contribution in [3.63, 3.8) is 0 Å². The number of aliphatic hydroxyl groups excluding tert-OH is 1. The largest absolute Gasteiger partial charge is 0.508 e. The van der Waals surface area contributed by atoms with Gasteiger partial charge >= 0.3 is 11.9 Å². The minimum Gasteiger partial charge on any atom is -0.508 e. The fraction of sp³-hybridized carbons (Fsp3) is 0.481. The summed E-state index contributed by atoms with van der Waals surface area (Å²) in [6.07, 6.45) is 16.8. The quantitative estimate of drug-likeness (QED) is 0.126. The van der Waals surface area contributed by atoms with E-state index >= 15 is 0 Å². The van der Waals surface area contributed by atoms with Crippen molar-refractivity contribution < 1.29 is 29.3 Å². The molecule has 4 fully saturated rings. The Bertz CT molecular complexity index is 2330. The molecule has 2 saturated heterocycles. The number of phenols is 1. The SMILES string of the molecule is CC[C@H](/C=C1\OC(=O)C2=C(c3cc(O)ccc3-c3cccc(CNC4CCCC4)c3)[C@@H]3CC[C@@]21[C@H]1C2=C(CC[C@@H]31)C(=CC[C@H](CO)C1CCNCC1)OC2=O)Cc1ccccc1. The van der Waals surface area contributed by atoms with Gasteiger partial charge in [0.25, 0.3) is 0 Å². The number of aliphatic hydroxyl groups is 1. The minimum absolute atomic E-state index is 0.0172. The van der Waals surface area contributed by atoms with Crippen LogP contribution in [0.5, 0.6) is 5.75 Å². The number of nitrogens with one attached hydrogen (secondary N) is 2. The summed E-state index contributed by atoms with van der Waals surface area (Å²) in [4.78, 5) is 29.4. The molecule has 11 rings (SSSR count). The normalized spacial score (nSPS) is 28.3. The van der Waals surface area contributed by atoms with E-state index in [1.165, 1.54) is 36.8 Å². The molecule has 2 saturated carbocycles. The summed E-state index contributed by atoms with van der Waals surface area (Å²) in [5.74, 6) is 1.25. The molecule has 1 spiro atoms. The van der Waals surface area contributed by atoms with Crippen molar-refractivity contribution in [1.82, 2.24) is 10.6 Å². The molecule has 0 unspecified atom stereocenters. The first-order chi connectivity index (χ1) is 30.4. The second-order valence-corrected chi connectivity index (χ2v) is 19.3. The predicted octanol–water partition coefficient (Wildman–Crippen LogP) is 9.73. The lowest BCUT2D eigenvalue weighted by Gasteiger charge is -2.56. The summed E-state index contributed by atoms with van der Waals surface area (Å²) in [7, 11) is 0. The van der Waals surface area contributed by atoms with Crippen LogP contribution in [0.2, 0.25) is 0 Å². The van der Waals surface area contributed by atoms with Crippen LogP contribution >= 0.6 is 0 Å². The maximum atomic E-state index is 14.9. The molecule has 3 aliphatic heterocycles. The Balaban J connectivity index is 1.10. The van der Waals surface area contributed by atoms with Crippen LogP contribution in [0.4, 0.5) is 0 Å². The number of phenolic OH excluding ortho intramolecular Hbond substituents is 1. The van der Waals surface area contributed by atoms with Gasteiger partial charge < -0.3 is 30.3 Å². The van der Waals surface area contributed by atoms with Crippen molar-refractivity contribution in [3.05, 3.63) is 130 Å². The molecule has 4 N–H and O–H groups in total. The molecule has 3 aromatic carbocycles. The van der Waals surface area contributed by atoms with Gasteiger partial charge in [-0.25, -0.2) is 9.59 Å². The number of allylic oxidation sites excluding steroid dienone is 5. The van der Waals surface area contributed by atoms with Gasteiger partial charge in [-0.15, -0.1) is 0 Å². The zero-order valence-electron chi connectivity index (χ0n) is 36.2. The Morgan fingerprint density at radius 2 is 1.68 bits per heavy atom. The van der Waals surface area contributed by atoms with Gasteiger partial charge in [0, 0.05) is 36.3 Å². The van der Waals surface area contributed by atoms with Crippen LogP contribution in [0.1, 0.15) is 101 Å². The van der Waals surface area contributed by atoms with Crippen molar-refractivity contribution in [3.8, 4) is 16.9 Å². The molecule has 62 heavy (non-hydrogen) atoms. The molecule has 324 valence electrons. The third kappa shape index (κ3) is 7.40. The van der Waals surface area contributed by atoms with Gasteiger partial charge in [0.15, 0.2) is 0 Å². The number of fused-ring (bicyclic) bond motifs is 1. The molecule has 8 aliphatic rings. The maximum Gasteiger partial charge on any atom is 0.340 e. The predicted molar refractivity (Wildman–Crippen MR) is 241 cm³/mol. The average molecular weight is 835 g/mol. The lowest BCUT2D eigenvalue weighted by molar-refractivity contribution is -0.135. The summed E-state index contributed by atoms with van der Waals surface area (Å²) in [5.41, 5.74) is 7.82. The number of piperidine rings is 1. The summed E-state index contributed by atoms with van der Waals surface area (Å²) in [5, 5.41) is 28.9. The average Bonchev–Trinajstić information content (AvgIpc) is 4.03. The van der Waals surface area contributed by atoms with Crippen LogP contribution in [0.25, 0.3) is 16.7 Å². The molecule has 2 bridgehead atoms. The van der Waals surface area contributed by atoms with E-state index in [1.54, 1.807) is 6.07 Å². The summed E-state index contributed by atoms with van der Waals surface area (Å²) < 4.78 is 12.9. The Kier molecular flexibility index (Phi) is 11.6. The van der Waals surface area contributed by atoms with Crippen LogP contribution in [0.3, 0.4) is 0 Å². The van der Waals surface area contributed by atoms with Gasteiger partial charge in [-0.1, -0.05) is 74.4 Å². The molecule has 8 nitrogen and oxygen atoms in total. The Morgan fingerprint density at radius 1 is 0.871 bits per heavy atom. The molecule has 3 heterocycles. The molecular weight excluding hydrogens is 773 g/mol. The number of hydrogen-bond acceptors (Lipinski definition) is 8. The molecule has 5 aliphatic carbocycles. The van der Waals surface area contributed by atoms with Crippen LogP contribution in [-0.2, 0) is 32.0 Å². The highest BCUT2D eigenvalue weighted by Gasteiger charge is 2.68. The van der Waals surface area contributed by atoms with Gasteiger partial charge in [0.2, 0.25) is 0 Å². The highest BCUT2D eigenvalue weighted by Crippen LogP contribution is 2.72. The van der Waals surface area contributed by atoms with Gasteiger partial charge in [-0.2, -0.15) is 0 Å².